The van der Waals surface area contributed by atoms with Gasteiger partial charge in [-0.3, -0.25) is 0 Å². The number of fused-ring (bicyclic) bond motifs is 1. The Labute approximate surface area is 178 Å². The molecule has 2 aromatic carbocycles. The van der Waals surface area contributed by atoms with Crippen LogP contribution in [0, 0.1) is 0 Å². The first kappa shape index (κ1) is 20.2. The summed E-state index contributed by atoms with van der Waals surface area (Å²) in [7, 11) is 0. The van der Waals surface area contributed by atoms with Crippen molar-refractivity contribution in [2.45, 2.75) is 13.0 Å². The van der Waals surface area contributed by atoms with Crippen molar-refractivity contribution in [1.82, 2.24) is 15.6 Å². The van der Waals surface area contributed by atoms with Crippen LogP contribution in [0.5, 0.6) is 0 Å². The molecule has 1 aliphatic rings. The van der Waals surface area contributed by atoms with Gasteiger partial charge in [0.25, 0.3) is 0 Å². The van der Waals surface area contributed by atoms with Gasteiger partial charge in [0, 0.05) is 10.9 Å². The number of carbonyl (C=O) groups excluding carboxylic acids is 3. The van der Waals surface area contributed by atoms with E-state index in [9.17, 15) is 14.4 Å². The van der Waals surface area contributed by atoms with Crippen LogP contribution < -0.4 is 10.6 Å². The lowest BCUT2D eigenvalue weighted by atomic mass is 9.95. The van der Waals surface area contributed by atoms with Crippen molar-refractivity contribution in [2.24, 2.45) is 0 Å². The molecule has 0 aliphatic carbocycles. The first-order valence-electron chi connectivity index (χ1n) is 9.84. The molecule has 0 unspecified atom stereocenters. The normalized spacial score (nSPS) is 15.9. The number of esters is 2. The molecule has 3 aromatic rings. The van der Waals surface area contributed by atoms with Gasteiger partial charge < -0.3 is 25.1 Å². The van der Waals surface area contributed by atoms with E-state index >= 15 is 0 Å². The van der Waals surface area contributed by atoms with Gasteiger partial charge in [-0.05, 0) is 24.6 Å². The van der Waals surface area contributed by atoms with Crippen LogP contribution in [0.3, 0.4) is 0 Å². The molecule has 8 heteroatoms. The van der Waals surface area contributed by atoms with Gasteiger partial charge in [-0.2, -0.15) is 0 Å². The van der Waals surface area contributed by atoms with Gasteiger partial charge in [-0.25, -0.2) is 14.4 Å². The van der Waals surface area contributed by atoms with Gasteiger partial charge in [-0.1, -0.05) is 48.5 Å². The molecule has 3 N–H and O–H groups in total. The van der Waals surface area contributed by atoms with Crippen LogP contribution in [0.1, 0.15) is 29.0 Å². The molecule has 1 aromatic heterocycles. The SMILES string of the molecule is CCOC(=O)C1=C(COC(=O)c2cc3ccccc3[nH]2)NC(=O)N[C@H]1c1ccccc1. The van der Waals surface area contributed by atoms with Gasteiger partial charge in [0.05, 0.1) is 23.9 Å². The van der Waals surface area contributed by atoms with Crippen molar-refractivity contribution in [2.75, 3.05) is 13.2 Å². The Hall–Kier alpha value is -4.07. The highest BCUT2D eigenvalue weighted by atomic mass is 16.5. The second-order valence-electron chi connectivity index (χ2n) is 6.90. The second-order valence-corrected chi connectivity index (χ2v) is 6.90. The summed E-state index contributed by atoms with van der Waals surface area (Å²) < 4.78 is 10.6. The molecule has 0 saturated heterocycles. The summed E-state index contributed by atoms with van der Waals surface area (Å²) in [4.78, 5) is 40.5. The van der Waals surface area contributed by atoms with Crippen LogP contribution in [0.2, 0.25) is 0 Å². The van der Waals surface area contributed by atoms with E-state index in [0.29, 0.717) is 5.56 Å². The average molecular weight is 419 g/mol. The molecular weight excluding hydrogens is 398 g/mol. The van der Waals surface area contributed by atoms with Crippen LogP contribution >= 0.6 is 0 Å². The van der Waals surface area contributed by atoms with Crippen LogP contribution in [-0.2, 0) is 14.3 Å². The predicted octanol–water partition coefficient (Wildman–Crippen LogP) is 3.20. The van der Waals surface area contributed by atoms with Crippen molar-refractivity contribution in [1.29, 1.82) is 0 Å². The van der Waals surface area contributed by atoms with Crippen LogP contribution in [0.4, 0.5) is 4.79 Å². The molecular formula is C23H21N3O5. The summed E-state index contributed by atoms with van der Waals surface area (Å²) in [6.07, 6.45) is 0. The summed E-state index contributed by atoms with van der Waals surface area (Å²) in [6.45, 7) is 1.57. The molecule has 31 heavy (non-hydrogen) atoms. The zero-order valence-corrected chi connectivity index (χ0v) is 16.8. The molecule has 0 bridgehead atoms. The molecule has 1 aliphatic heterocycles. The minimum atomic E-state index is -0.726. The predicted molar refractivity (Wildman–Crippen MR) is 113 cm³/mol. The fraction of sp³-hybridized carbons (Fsp3) is 0.174. The quantitative estimate of drug-likeness (QED) is 0.532. The number of aromatic amines is 1. The van der Waals surface area contributed by atoms with E-state index in [4.69, 9.17) is 9.47 Å². The van der Waals surface area contributed by atoms with Crippen LogP contribution in [-0.4, -0.2) is 36.2 Å². The number of H-pyrrole nitrogens is 1. The van der Waals surface area contributed by atoms with Crippen LogP contribution in [0.25, 0.3) is 10.9 Å². The first-order chi connectivity index (χ1) is 15.1. The third-order valence-electron chi connectivity index (χ3n) is 4.88. The number of ether oxygens (including phenoxy) is 2. The van der Waals surface area contributed by atoms with Gasteiger partial charge in [0.15, 0.2) is 0 Å². The Bertz CT molecular complexity index is 1130. The highest BCUT2D eigenvalue weighted by Gasteiger charge is 2.34. The van der Waals surface area contributed by atoms with Crippen molar-refractivity contribution < 1.29 is 23.9 Å². The standard InChI is InChI=1S/C23H21N3O5/c1-2-30-22(28)19-18(25-23(29)26-20(19)14-8-4-3-5-9-14)13-31-21(27)17-12-15-10-6-7-11-16(15)24-17/h3-12,20,24H,2,13H2,1H3,(H2,25,26,29)/t20-/m0/s1. The number of aromatic nitrogens is 1. The van der Waals surface area contributed by atoms with Crippen molar-refractivity contribution >= 4 is 28.9 Å². The molecule has 158 valence electrons. The number of hydrogen-bond donors (Lipinski definition) is 3. The number of benzene rings is 2. The van der Waals surface area contributed by atoms with E-state index in [1.165, 1.54) is 0 Å². The van der Waals surface area contributed by atoms with E-state index in [0.717, 1.165) is 10.9 Å². The summed E-state index contributed by atoms with van der Waals surface area (Å²) in [5, 5.41) is 6.19. The maximum absolute atomic E-state index is 12.7. The Morgan fingerprint density at radius 1 is 0.968 bits per heavy atom. The molecule has 1 atom stereocenters. The topological polar surface area (TPSA) is 110 Å². The van der Waals surface area contributed by atoms with E-state index in [1.807, 2.05) is 42.5 Å². The smallest absolute Gasteiger partial charge is 0.355 e. The Kier molecular flexibility index (Phi) is 5.70. The molecule has 4 rings (SSSR count). The molecule has 0 saturated carbocycles. The third-order valence-corrected chi connectivity index (χ3v) is 4.88. The highest BCUT2D eigenvalue weighted by Crippen LogP contribution is 2.28. The summed E-state index contributed by atoms with van der Waals surface area (Å²) in [5.74, 6) is -1.20. The number of carbonyl (C=O) groups is 3. The number of urea groups is 1. The lowest BCUT2D eigenvalue weighted by Gasteiger charge is -2.29. The van der Waals surface area contributed by atoms with Gasteiger partial charge >= 0.3 is 18.0 Å². The average Bonchev–Trinajstić information content (AvgIpc) is 3.22. The Morgan fingerprint density at radius 3 is 2.45 bits per heavy atom. The number of hydrogen-bond acceptors (Lipinski definition) is 5. The number of para-hydroxylation sites is 1. The largest absolute Gasteiger partial charge is 0.463 e. The molecule has 0 radical (unpaired) electrons. The van der Waals surface area contributed by atoms with Crippen molar-refractivity contribution in [3.8, 4) is 0 Å². The van der Waals surface area contributed by atoms with E-state index in [-0.39, 0.29) is 30.2 Å². The molecule has 0 fully saturated rings. The van der Waals surface area contributed by atoms with E-state index in [1.54, 1.807) is 25.1 Å². The minimum Gasteiger partial charge on any atom is -0.463 e. The Balaban J connectivity index is 1.62. The summed E-state index contributed by atoms with van der Waals surface area (Å²) >= 11 is 0. The van der Waals surface area contributed by atoms with E-state index in [2.05, 4.69) is 15.6 Å². The van der Waals surface area contributed by atoms with Crippen LogP contribution in [0.15, 0.2) is 71.9 Å². The number of nitrogens with one attached hydrogen (secondary N) is 3. The molecule has 8 nitrogen and oxygen atoms in total. The van der Waals surface area contributed by atoms with Crippen molar-refractivity contribution in [3.63, 3.8) is 0 Å². The highest BCUT2D eigenvalue weighted by molar-refractivity contribution is 5.96. The fourth-order valence-corrected chi connectivity index (χ4v) is 3.48. The second kappa shape index (κ2) is 8.74. The van der Waals surface area contributed by atoms with Gasteiger partial charge in [-0.15, -0.1) is 0 Å². The molecule has 2 heterocycles. The lowest BCUT2D eigenvalue weighted by Crippen LogP contribution is -2.47. The fourth-order valence-electron chi connectivity index (χ4n) is 3.48. The zero-order chi connectivity index (χ0) is 21.8. The maximum Gasteiger partial charge on any atom is 0.355 e. The zero-order valence-electron chi connectivity index (χ0n) is 16.8. The Morgan fingerprint density at radius 2 is 1.71 bits per heavy atom. The lowest BCUT2D eigenvalue weighted by molar-refractivity contribution is -0.139. The molecule has 0 spiro atoms. The molecule has 2 amide bonds. The minimum absolute atomic E-state index is 0.167. The van der Waals surface area contributed by atoms with Gasteiger partial charge in [0.2, 0.25) is 0 Å². The van der Waals surface area contributed by atoms with Gasteiger partial charge in [0.1, 0.15) is 12.3 Å². The summed E-state index contributed by atoms with van der Waals surface area (Å²) in [5.41, 5.74) is 2.16. The number of rotatable bonds is 6. The maximum atomic E-state index is 12.7. The van der Waals surface area contributed by atoms with Crippen molar-refractivity contribution in [3.05, 3.63) is 83.2 Å². The summed E-state index contributed by atoms with van der Waals surface area (Å²) in [6, 6.07) is 17.0. The first-order valence-corrected chi connectivity index (χ1v) is 9.84. The number of amides is 2. The third kappa shape index (κ3) is 4.28. The monoisotopic (exact) mass is 419 g/mol. The van der Waals surface area contributed by atoms with E-state index < -0.39 is 24.0 Å².